The van der Waals surface area contributed by atoms with E-state index in [1.54, 1.807) is 6.08 Å². The highest BCUT2D eigenvalue weighted by Gasteiger charge is 2.09. The Morgan fingerprint density at radius 1 is 0.900 bits per heavy atom. The van der Waals surface area contributed by atoms with E-state index in [0.717, 1.165) is 37.7 Å². The SMILES string of the molecule is CCC(C)=CCCC(C)=CCCC(C)=CCP(=O)(O)O. The molecule has 0 radical (unpaired) electrons. The van der Waals surface area contributed by atoms with Crippen molar-refractivity contribution in [1.29, 1.82) is 0 Å². The number of hydrogen-bond donors (Lipinski definition) is 2. The molecule has 0 atom stereocenters. The van der Waals surface area contributed by atoms with Crippen molar-refractivity contribution in [2.75, 3.05) is 6.16 Å². The predicted molar refractivity (Wildman–Crippen MR) is 86.9 cm³/mol. The summed E-state index contributed by atoms with van der Waals surface area (Å²) in [6, 6.07) is 0. The Balaban J connectivity index is 4.02. The third-order valence-corrected chi connectivity index (χ3v) is 3.96. The van der Waals surface area contributed by atoms with Gasteiger partial charge < -0.3 is 9.79 Å². The van der Waals surface area contributed by atoms with Crippen LogP contribution in [0.15, 0.2) is 34.9 Å². The molecule has 0 rings (SSSR count). The fourth-order valence-corrected chi connectivity index (χ4v) is 2.27. The molecule has 0 bridgehead atoms. The summed E-state index contributed by atoms with van der Waals surface area (Å²) in [5, 5.41) is 0. The largest absolute Gasteiger partial charge is 0.329 e. The van der Waals surface area contributed by atoms with E-state index in [9.17, 15) is 4.57 Å². The van der Waals surface area contributed by atoms with E-state index in [2.05, 4.69) is 32.9 Å². The van der Waals surface area contributed by atoms with Gasteiger partial charge in [0.25, 0.3) is 0 Å². The first-order valence-corrected chi connectivity index (χ1v) is 9.05. The van der Waals surface area contributed by atoms with Crippen molar-refractivity contribution in [1.82, 2.24) is 0 Å². The van der Waals surface area contributed by atoms with Gasteiger partial charge in [-0.2, -0.15) is 0 Å². The molecule has 4 heteroatoms. The number of hydrogen-bond acceptors (Lipinski definition) is 1. The molecular weight excluding hydrogens is 271 g/mol. The van der Waals surface area contributed by atoms with Crippen molar-refractivity contribution in [3.05, 3.63) is 34.9 Å². The maximum Gasteiger partial charge on any atom is 0.329 e. The van der Waals surface area contributed by atoms with Gasteiger partial charge in [-0.1, -0.05) is 41.9 Å². The van der Waals surface area contributed by atoms with Gasteiger partial charge in [-0.15, -0.1) is 0 Å². The van der Waals surface area contributed by atoms with Crippen LogP contribution in [0.4, 0.5) is 0 Å². The molecule has 0 amide bonds. The van der Waals surface area contributed by atoms with Crippen LogP contribution < -0.4 is 0 Å². The Labute approximate surface area is 123 Å². The first kappa shape index (κ1) is 19.4. The van der Waals surface area contributed by atoms with Gasteiger partial charge in [0.05, 0.1) is 6.16 Å². The minimum Gasteiger partial charge on any atom is -0.324 e. The summed E-state index contributed by atoms with van der Waals surface area (Å²) in [6.07, 6.45) is 11.1. The zero-order chi connectivity index (χ0) is 15.6. The molecule has 0 aliphatic heterocycles. The molecule has 116 valence electrons. The molecule has 0 heterocycles. The molecule has 0 fully saturated rings. The summed E-state index contributed by atoms with van der Waals surface area (Å²) in [4.78, 5) is 17.6. The van der Waals surface area contributed by atoms with Crippen molar-refractivity contribution >= 4 is 7.60 Å². The summed E-state index contributed by atoms with van der Waals surface area (Å²) >= 11 is 0. The third kappa shape index (κ3) is 12.4. The van der Waals surface area contributed by atoms with Gasteiger partial charge in [0, 0.05) is 0 Å². The van der Waals surface area contributed by atoms with E-state index in [-0.39, 0.29) is 6.16 Å². The molecule has 0 spiro atoms. The standard InChI is InChI=1S/C16H29O3P/c1-5-14(2)8-6-9-15(3)10-7-11-16(4)12-13-20(17,18)19/h8,10,12H,5-7,9,11,13H2,1-4H3,(H2,17,18,19). The fraction of sp³-hybridized carbons (Fsp3) is 0.625. The molecule has 0 aromatic heterocycles. The highest BCUT2D eigenvalue weighted by molar-refractivity contribution is 7.51. The van der Waals surface area contributed by atoms with Gasteiger partial charge in [-0.05, 0) is 52.9 Å². The minimum absolute atomic E-state index is 0.150. The average molecular weight is 300 g/mol. The second kappa shape index (κ2) is 10.1. The van der Waals surface area contributed by atoms with E-state index < -0.39 is 7.60 Å². The molecule has 0 aromatic carbocycles. The zero-order valence-electron chi connectivity index (χ0n) is 13.2. The van der Waals surface area contributed by atoms with Crippen LogP contribution in [0.3, 0.4) is 0 Å². The molecule has 3 nitrogen and oxygen atoms in total. The first-order chi connectivity index (χ1) is 9.24. The maximum atomic E-state index is 10.7. The predicted octanol–water partition coefficient (Wildman–Crippen LogP) is 4.97. The van der Waals surface area contributed by atoms with Crippen LogP contribution in [0.25, 0.3) is 0 Å². The molecule has 20 heavy (non-hydrogen) atoms. The van der Waals surface area contributed by atoms with Gasteiger partial charge in [0.1, 0.15) is 0 Å². The molecular formula is C16H29O3P. The Kier molecular flexibility index (Phi) is 9.83. The van der Waals surface area contributed by atoms with E-state index in [0.29, 0.717) is 0 Å². The van der Waals surface area contributed by atoms with E-state index in [1.807, 2.05) is 6.92 Å². The van der Waals surface area contributed by atoms with Crippen LogP contribution in [0.5, 0.6) is 0 Å². The van der Waals surface area contributed by atoms with E-state index in [4.69, 9.17) is 9.79 Å². The molecule has 0 saturated heterocycles. The molecule has 0 aromatic rings. The van der Waals surface area contributed by atoms with Crippen LogP contribution in [0, 0.1) is 0 Å². The lowest BCUT2D eigenvalue weighted by Crippen LogP contribution is -1.86. The van der Waals surface area contributed by atoms with Gasteiger partial charge >= 0.3 is 7.60 Å². The summed E-state index contributed by atoms with van der Waals surface area (Å²) in [6.45, 7) is 8.39. The minimum atomic E-state index is -3.90. The smallest absolute Gasteiger partial charge is 0.324 e. The second-order valence-electron chi connectivity index (χ2n) is 5.43. The molecule has 0 aliphatic carbocycles. The van der Waals surface area contributed by atoms with Crippen molar-refractivity contribution in [2.24, 2.45) is 0 Å². The first-order valence-electron chi connectivity index (χ1n) is 7.26. The highest BCUT2D eigenvalue weighted by Crippen LogP contribution is 2.34. The van der Waals surface area contributed by atoms with Crippen LogP contribution in [-0.2, 0) is 4.57 Å². The lowest BCUT2D eigenvalue weighted by Gasteiger charge is -2.03. The van der Waals surface area contributed by atoms with Crippen LogP contribution >= 0.6 is 7.60 Å². The maximum absolute atomic E-state index is 10.7. The second-order valence-corrected chi connectivity index (χ2v) is 7.12. The Morgan fingerprint density at radius 3 is 1.80 bits per heavy atom. The normalized spacial score (nSPS) is 14.8. The summed E-state index contributed by atoms with van der Waals surface area (Å²) in [5.41, 5.74) is 3.86. The van der Waals surface area contributed by atoms with Crippen LogP contribution in [0.1, 0.15) is 59.8 Å². The summed E-state index contributed by atoms with van der Waals surface area (Å²) in [7, 11) is -3.90. The van der Waals surface area contributed by atoms with Crippen LogP contribution in [0.2, 0.25) is 0 Å². The molecule has 0 saturated carbocycles. The van der Waals surface area contributed by atoms with Crippen molar-refractivity contribution in [3.8, 4) is 0 Å². The summed E-state index contributed by atoms with van der Waals surface area (Å²) < 4.78 is 10.7. The molecule has 0 aliphatic rings. The van der Waals surface area contributed by atoms with Gasteiger partial charge in [-0.3, -0.25) is 4.57 Å². The molecule has 0 unspecified atom stereocenters. The lowest BCUT2D eigenvalue weighted by molar-refractivity contribution is 0.377. The highest BCUT2D eigenvalue weighted by atomic mass is 31.2. The number of allylic oxidation sites excluding steroid dienone is 6. The number of rotatable bonds is 9. The van der Waals surface area contributed by atoms with Crippen molar-refractivity contribution in [3.63, 3.8) is 0 Å². The average Bonchev–Trinajstić information content (AvgIpc) is 2.35. The van der Waals surface area contributed by atoms with E-state index >= 15 is 0 Å². The van der Waals surface area contributed by atoms with Gasteiger partial charge in [0.2, 0.25) is 0 Å². The topological polar surface area (TPSA) is 57.5 Å². The van der Waals surface area contributed by atoms with Crippen LogP contribution in [-0.4, -0.2) is 15.9 Å². The van der Waals surface area contributed by atoms with Crippen molar-refractivity contribution in [2.45, 2.75) is 59.8 Å². The Bertz CT molecular complexity index is 413. The lowest BCUT2D eigenvalue weighted by atomic mass is 10.1. The van der Waals surface area contributed by atoms with E-state index in [1.165, 1.54) is 11.1 Å². The fourth-order valence-electron chi connectivity index (χ4n) is 1.72. The monoisotopic (exact) mass is 300 g/mol. The van der Waals surface area contributed by atoms with Gasteiger partial charge in [-0.25, -0.2) is 0 Å². The molecule has 2 N–H and O–H groups in total. The summed E-state index contributed by atoms with van der Waals surface area (Å²) in [5.74, 6) is 0. The third-order valence-electron chi connectivity index (χ3n) is 3.30. The van der Waals surface area contributed by atoms with Gasteiger partial charge in [0.15, 0.2) is 0 Å². The zero-order valence-corrected chi connectivity index (χ0v) is 14.1. The Morgan fingerprint density at radius 2 is 1.35 bits per heavy atom. The Hall–Kier alpha value is -0.630. The van der Waals surface area contributed by atoms with Crippen molar-refractivity contribution < 1.29 is 14.4 Å². The quantitative estimate of drug-likeness (QED) is 0.466.